The highest BCUT2D eigenvalue weighted by atomic mass is 35.5. The molecule has 3 nitrogen and oxygen atoms in total. The summed E-state index contributed by atoms with van der Waals surface area (Å²) in [4.78, 5) is 0. The number of hydrogen-bond donors (Lipinski definition) is 1. The summed E-state index contributed by atoms with van der Waals surface area (Å²) in [7, 11) is 0. The van der Waals surface area contributed by atoms with Gasteiger partial charge in [-0.15, -0.1) is 10.2 Å². The molecule has 0 unspecified atom stereocenters. The van der Waals surface area contributed by atoms with Gasteiger partial charge >= 0.3 is 0 Å². The molecule has 0 atom stereocenters. The van der Waals surface area contributed by atoms with E-state index >= 15 is 0 Å². The van der Waals surface area contributed by atoms with Gasteiger partial charge < -0.3 is 5.73 Å². The van der Waals surface area contributed by atoms with Gasteiger partial charge in [0, 0.05) is 11.5 Å². The first-order valence-corrected chi connectivity index (χ1v) is 6.16. The van der Waals surface area contributed by atoms with Crippen molar-refractivity contribution in [1.82, 2.24) is 10.2 Å². The van der Waals surface area contributed by atoms with E-state index < -0.39 is 0 Å². The van der Waals surface area contributed by atoms with Crippen LogP contribution < -0.4 is 5.73 Å². The van der Waals surface area contributed by atoms with Crippen molar-refractivity contribution in [3.05, 3.63) is 28.2 Å². The van der Waals surface area contributed by atoms with Gasteiger partial charge in [-0.05, 0) is 12.1 Å². The minimum Gasteiger partial charge on any atom is -0.398 e. The first-order chi connectivity index (χ1) is 7.58. The lowest BCUT2D eigenvalue weighted by atomic mass is 10.2. The molecule has 1 heterocycles. The highest BCUT2D eigenvalue weighted by molar-refractivity contribution is 7.14. The second-order valence-electron chi connectivity index (χ2n) is 3.84. The van der Waals surface area contributed by atoms with E-state index in [1.54, 1.807) is 17.4 Å². The summed E-state index contributed by atoms with van der Waals surface area (Å²) in [5, 5.41) is 10.8. The Hall–Kier alpha value is -1.13. The van der Waals surface area contributed by atoms with Crippen LogP contribution in [0.25, 0.3) is 10.6 Å². The van der Waals surface area contributed by atoms with Gasteiger partial charge in [-0.3, -0.25) is 0 Å². The quantitative estimate of drug-likeness (QED) is 0.833. The molecule has 16 heavy (non-hydrogen) atoms. The number of aromatic nitrogens is 2. The van der Waals surface area contributed by atoms with Crippen LogP contribution in [0.5, 0.6) is 0 Å². The highest BCUT2D eigenvalue weighted by Crippen LogP contribution is 2.30. The Bertz CT molecular complexity index is 508. The molecular weight excluding hydrogens is 242 g/mol. The van der Waals surface area contributed by atoms with Crippen molar-refractivity contribution in [2.24, 2.45) is 0 Å². The Labute approximate surface area is 103 Å². The summed E-state index contributed by atoms with van der Waals surface area (Å²) in [6, 6.07) is 5.51. The zero-order valence-corrected chi connectivity index (χ0v) is 10.6. The molecule has 0 saturated carbocycles. The molecule has 0 radical (unpaired) electrons. The first kappa shape index (κ1) is 11.4. The second kappa shape index (κ2) is 4.39. The summed E-state index contributed by atoms with van der Waals surface area (Å²) in [5.74, 6) is 0.399. The number of nitrogens with two attached hydrogens (primary N) is 1. The number of nitrogen functional groups attached to an aromatic ring is 1. The number of hydrogen-bond acceptors (Lipinski definition) is 4. The Balaban J connectivity index is 2.39. The van der Waals surface area contributed by atoms with Crippen LogP contribution in [0.1, 0.15) is 24.8 Å². The number of anilines is 1. The normalized spacial score (nSPS) is 11.0. The fourth-order valence-corrected chi connectivity index (χ4v) is 2.22. The maximum atomic E-state index is 5.87. The fraction of sp³-hybridized carbons (Fsp3) is 0.273. The SMILES string of the molecule is CC(C)c1nnc(-c2ccc(Cl)c(N)c2)s1. The van der Waals surface area contributed by atoms with E-state index in [1.165, 1.54) is 0 Å². The first-order valence-electron chi connectivity index (χ1n) is 4.96. The Morgan fingerprint density at radius 3 is 2.62 bits per heavy atom. The van der Waals surface area contributed by atoms with E-state index in [-0.39, 0.29) is 0 Å². The van der Waals surface area contributed by atoms with Gasteiger partial charge in [0.1, 0.15) is 10.0 Å². The topological polar surface area (TPSA) is 51.8 Å². The van der Waals surface area contributed by atoms with Gasteiger partial charge in [-0.1, -0.05) is 42.9 Å². The van der Waals surface area contributed by atoms with Crippen LogP contribution in [0, 0.1) is 0 Å². The summed E-state index contributed by atoms with van der Waals surface area (Å²) in [5.41, 5.74) is 7.28. The predicted octanol–water partition coefficient (Wildman–Crippen LogP) is 3.56. The molecule has 0 aliphatic carbocycles. The summed E-state index contributed by atoms with van der Waals surface area (Å²) in [6.45, 7) is 4.20. The van der Waals surface area contributed by atoms with Crippen molar-refractivity contribution in [2.45, 2.75) is 19.8 Å². The molecule has 0 aliphatic heterocycles. The molecule has 0 fully saturated rings. The van der Waals surface area contributed by atoms with Crippen molar-refractivity contribution in [3.63, 3.8) is 0 Å². The van der Waals surface area contributed by atoms with Crippen LogP contribution in [0.4, 0.5) is 5.69 Å². The molecule has 2 aromatic rings. The van der Waals surface area contributed by atoms with Crippen molar-refractivity contribution in [3.8, 4) is 10.6 Å². The zero-order chi connectivity index (χ0) is 11.7. The van der Waals surface area contributed by atoms with Crippen LogP contribution in [0.3, 0.4) is 0 Å². The van der Waals surface area contributed by atoms with E-state index in [0.29, 0.717) is 16.6 Å². The van der Waals surface area contributed by atoms with E-state index in [0.717, 1.165) is 15.6 Å². The maximum Gasteiger partial charge on any atom is 0.147 e. The summed E-state index contributed by atoms with van der Waals surface area (Å²) in [6.07, 6.45) is 0. The lowest BCUT2D eigenvalue weighted by Crippen LogP contribution is -1.87. The molecule has 2 rings (SSSR count). The second-order valence-corrected chi connectivity index (χ2v) is 5.25. The number of benzene rings is 1. The van der Waals surface area contributed by atoms with E-state index in [4.69, 9.17) is 17.3 Å². The van der Waals surface area contributed by atoms with Gasteiger partial charge in [0.05, 0.1) is 10.7 Å². The average Bonchev–Trinajstić information content (AvgIpc) is 2.71. The number of halogens is 1. The molecular formula is C11H12ClN3S. The number of rotatable bonds is 2. The fourth-order valence-electron chi connectivity index (χ4n) is 1.26. The van der Waals surface area contributed by atoms with Crippen LogP contribution in [0.15, 0.2) is 18.2 Å². The Kier molecular flexibility index (Phi) is 3.12. The highest BCUT2D eigenvalue weighted by Gasteiger charge is 2.10. The number of nitrogens with zero attached hydrogens (tertiary/aromatic N) is 2. The van der Waals surface area contributed by atoms with Gasteiger partial charge in [-0.2, -0.15) is 0 Å². The Morgan fingerprint density at radius 2 is 2.06 bits per heavy atom. The van der Waals surface area contributed by atoms with Crippen molar-refractivity contribution >= 4 is 28.6 Å². The molecule has 84 valence electrons. The summed E-state index contributed by atoms with van der Waals surface area (Å²) < 4.78 is 0. The van der Waals surface area contributed by atoms with Crippen LogP contribution in [-0.2, 0) is 0 Å². The largest absolute Gasteiger partial charge is 0.398 e. The molecule has 2 N–H and O–H groups in total. The minimum absolute atomic E-state index is 0.399. The van der Waals surface area contributed by atoms with E-state index in [1.807, 2.05) is 12.1 Å². The molecule has 0 aliphatic rings. The van der Waals surface area contributed by atoms with Crippen LogP contribution in [-0.4, -0.2) is 10.2 Å². The molecule has 0 saturated heterocycles. The minimum atomic E-state index is 0.399. The third-order valence-corrected chi connectivity index (χ3v) is 3.79. The summed E-state index contributed by atoms with van der Waals surface area (Å²) >= 11 is 7.45. The smallest absolute Gasteiger partial charge is 0.147 e. The Morgan fingerprint density at radius 1 is 1.31 bits per heavy atom. The van der Waals surface area contributed by atoms with Gasteiger partial charge in [0.25, 0.3) is 0 Å². The molecule has 0 amide bonds. The van der Waals surface area contributed by atoms with Gasteiger partial charge in [0.15, 0.2) is 0 Å². The molecule has 0 bridgehead atoms. The predicted molar refractivity (Wildman–Crippen MR) is 68.9 cm³/mol. The van der Waals surface area contributed by atoms with Crippen molar-refractivity contribution in [1.29, 1.82) is 0 Å². The molecule has 1 aromatic heterocycles. The molecule has 0 spiro atoms. The lowest BCUT2D eigenvalue weighted by Gasteiger charge is -2.00. The molecule has 1 aromatic carbocycles. The third kappa shape index (κ3) is 2.18. The zero-order valence-electron chi connectivity index (χ0n) is 9.07. The monoisotopic (exact) mass is 253 g/mol. The van der Waals surface area contributed by atoms with E-state index in [2.05, 4.69) is 24.0 Å². The maximum absolute atomic E-state index is 5.87. The lowest BCUT2D eigenvalue weighted by molar-refractivity contribution is 0.825. The van der Waals surface area contributed by atoms with Crippen LogP contribution in [0.2, 0.25) is 5.02 Å². The third-order valence-electron chi connectivity index (χ3n) is 2.18. The van der Waals surface area contributed by atoms with Crippen LogP contribution >= 0.6 is 22.9 Å². The standard InChI is InChI=1S/C11H12ClN3S/c1-6(2)10-14-15-11(16-10)7-3-4-8(12)9(13)5-7/h3-6H,13H2,1-2H3. The van der Waals surface area contributed by atoms with E-state index in [9.17, 15) is 0 Å². The van der Waals surface area contributed by atoms with Crippen molar-refractivity contribution in [2.75, 3.05) is 5.73 Å². The van der Waals surface area contributed by atoms with Gasteiger partial charge in [-0.25, -0.2) is 0 Å². The molecule has 5 heteroatoms. The van der Waals surface area contributed by atoms with Gasteiger partial charge in [0.2, 0.25) is 0 Å². The van der Waals surface area contributed by atoms with Crippen molar-refractivity contribution < 1.29 is 0 Å². The average molecular weight is 254 g/mol.